The number of rotatable bonds is 6. The average molecular weight is 438 g/mol. The summed E-state index contributed by atoms with van der Waals surface area (Å²) in [6, 6.07) is 5.83. The van der Waals surface area contributed by atoms with Crippen LogP contribution in [-0.2, 0) is 12.0 Å². The average Bonchev–Trinajstić information content (AvgIpc) is 3.20. The van der Waals surface area contributed by atoms with Crippen molar-refractivity contribution in [1.29, 1.82) is 0 Å². The summed E-state index contributed by atoms with van der Waals surface area (Å²) >= 11 is 3.06. The van der Waals surface area contributed by atoms with Gasteiger partial charge in [-0.2, -0.15) is 10.6 Å². The van der Waals surface area contributed by atoms with Crippen LogP contribution in [0.3, 0.4) is 0 Å². The summed E-state index contributed by atoms with van der Waals surface area (Å²) in [5, 5.41) is 17.5. The summed E-state index contributed by atoms with van der Waals surface area (Å²) in [5.41, 5.74) is 4.16. The van der Waals surface area contributed by atoms with Gasteiger partial charge in [-0.05, 0) is 57.4 Å². The summed E-state index contributed by atoms with van der Waals surface area (Å²) < 4.78 is 19.5. The van der Waals surface area contributed by atoms with Crippen molar-refractivity contribution in [2.24, 2.45) is 12.2 Å². The van der Waals surface area contributed by atoms with Crippen molar-refractivity contribution in [2.75, 3.05) is 10.8 Å². The summed E-state index contributed by atoms with van der Waals surface area (Å²) in [6.45, 7) is 1.77. The largest absolute Gasteiger partial charge is 0.300 e. The Hall–Kier alpha value is -3.28. The first-order chi connectivity index (χ1) is 12.9. The molecule has 3 rings (SSSR count). The van der Waals surface area contributed by atoms with Gasteiger partial charge in [0.05, 0.1) is 15.9 Å². The molecule has 0 spiro atoms. The Morgan fingerprint density at radius 2 is 2.22 bits per heavy atom. The number of carbonyl (C=O) groups is 1. The van der Waals surface area contributed by atoms with Crippen LogP contribution in [0.2, 0.25) is 0 Å². The molecule has 1 amide bonds. The molecule has 0 aliphatic heterocycles. The molecule has 0 saturated carbocycles. The number of aryl methyl sites for hydroxylation is 2. The molecule has 1 aromatic carbocycles. The number of amides is 1. The highest BCUT2D eigenvalue weighted by Crippen LogP contribution is 2.20. The van der Waals surface area contributed by atoms with Crippen molar-refractivity contribution >= 4 is 39.6 Å². The fourth-order valence-corrected chi connectivity index (χ4v) is 2.46. The molecule has 3 aromatic rings. The molecule has 2 heterocycles. The number of nitrogens with zero attached hydrogens (tertiary/aromatic N) is 5. The van der Waals surface area contributed by atoms with Gasteiger partial charge < -0.3 is 5.32 Å². The molecule has 0 aliphatic carbocycles. The van der Waals surface area contributed by atoms with Crippen molar-refractivity contribution < 1.29 is 18.8 Å². The third-order valence-electron chi connectivity index (χ3n) is 3.29. The molecule has 0 atom stereocenters. The van der Waals surface area contributed by atoms with Crippen LogP contribution in [0, 0.1) is 12.7 Å². The van der Waals surface area contributed by atoms with Gasteiger partial charge in [0, 0.05) is 7.05 Å². The molecule has 0 saturated heterocycles. The maximum Gasteiger partial charge on any atom is 0.275 e. The van der Waals surface area contributed by atoms with Crippen LogP contribution in [0.25, 0.3) is 0 Å². The summed E-state index contributed by atoms with van der Waals surface area (Å²) in [7, 11) is 1.65. The minimum atomic E-state index is -0.432. The van der Waals surface area contributed by atoms with Crippen LogP contribution in [0.15, 0.2) is 38.5 Å². The maximum atomic E-state index is 13.2. The molecule has 0 unspecified atom stereocenters. The zero-order chi connectivity index (χ0) is 19.4. The van der Waals surface area contributed by atoms with Crippen molar-refractivity contribution in [1.82, 2.24) is 20.1 Å². The van der Waals surface area contributed by atoms with Crippen LogP contribution in [0.4, 0.5) is 15.9 Å². The van der Waals surface area contributed by atoms with Gasteiger partial charge in [-0.25, -0.2) is 9.02 Å². The van der Waals surface area contributed by atoms with Gasteiger partial charge in [0.25, 0.3) is 5.91 Å². The number of nitrogens with one attached hydrogen (secondary N) is 2. The van der Waals surface area contributed by atoms with Gasteiger partial charge in [0.1, 0.15) is 17.7 Å². The van der Waals surface area contributed by atoms with E-state index in [0.29, 0.717) is 17.1 Å². The standard InChI is InChI=1S/C15H13BrFN7O3/c1-8-5-13(24(2)20-8)15(25)19-14-12(22-27-23-14)7-18-26-21-9-3-4-11(17)10(16)6-9/h3-7,21H,1-2H3,(H,19,23,25)/b18-7+. The van der Waals surface area contributed by atoms with E-state index < -0.39 is 11.7 Å². The molecule has 0 fully saturated rings. The number of aromatic nitrogens is 4. The lowest BCUT2D eigenvalue weighted by Crippen LogP contribution is -2.17. The molecular formula is C15H13BrFN7O3. The SMILES string of the molecule is Cc1cc(C(=O)Nc2nonc2/C=N/ONc2ccc(F)c(Br)c2)n(C)n1. The lowest BCUT2D eigenvalue weighted by Gasteiger charge is -2.03. The number of carbonyl (C=O) groups excluding carboxylic acids is 1. The lowest BCUT2D eigenvalue weighted by molar-refractivity contribution is 0.101. The minimum Gasteiger partial charge on any atom is -0.300 e. The zero-order valence-electron chi connectivity index (χ0n) is 14.1. The smallest absolute Gasteiger partial charge is 0.275 e. The van der Waals surface area contributed by atoms with Crippen LogP contribution >= 0.6 is 15.9 Å². The first-order valence-electron chi connectivity index (χ1n) is 7.49. The molecule has 10 nitrogen and oxygen atoms in total. The van der Waals surface area contributed by atoms with E-state index >= 15 is 0 Å². The van der Waals surface area contributed by atoms with Crippen molar-refractivity contribution in [3.05, 3.63) is 51.6 Å². The van der Waals surface area contributed by atoms with Crippen LogP contribution in [0.5, 0.6) is 0 Å². The third kappa shape index (κ3) is 4.47. The molecule has 140 valence electrons. The Kier molecular flexibility index (Phi) is 5.45. The number of halogens is 2. The predicted octanol–water partition coefficient (Wildman–Crippen LogP) is 2.64. The summed E-state index contributed by atoms with van der Waals surface area (Å²) in [4.78, 5) is 17.2. The molecule has 2 N–H and O–H groups in total. The van der Waals surface area contributed by atoms with Crippen LogP contribution < -0.4 is 10.8 Å². The van der Waals surface area contributed by atoms with Gasteiger partial charge in [0.2, 0.25) is 5.82 Å². The highest BCUT2D eigenvalue weighted by Gasteiger charge is 2.16. The van der Waals surface area contributed by atoms with Crippen LogP contribution in [0.1, 0.15) is 21.9 Å². The number of hydrogen-bond acceptors (Lipinski definition) is 8. The Balaban J connectivity index is 1.61. The second-order valence-electron chi connectivity index (χ2n) is 5.30. The number of hydrogen-bond donors (Lipinski definition) is 2. The molecule has 0 aliphatic rings. The van der Waals surface area contributed by atoms with Gasteiger partial charge in [-0.15, -0.1) is 0 Å². The zero-order valence-corrected chi connectivity index (χ0v) is 15.7. The molecule has 0 bridgehead atoms. The molecule has 0 radical (unpaired) electrons. The minimum absolute atomic E-state index is 0.0655. The van der Waals surface area contributed by atoms with E-state index in [2.05, 4.69) is 51.9 Å². The van der Waals surface area contributed by atoms with Crippen molar-refractivity contribution in [3.63, 3.8) is 0 Å². The molecule has 27 heavy (non-hydrogen) atoms. The fraction of sp³-hybridized carbons (Fsp3) is 0.133. The van der Waals surface area contributed by atoms with Gasteiger partial charge >= 0.3 is 0 Å². The fourth-order valence-electron chi connectivity index (χ4n) is 2.08. The van der Waals surface area contributed by atoms with Gasteiger partial charge in [0.15, 0.2) is 5.69 Å². The van der Waals surface area contributed by atoms with E-state index in [0.717, 1.165) is 0 Å². The Morgan fingerprint density at radius 3 is 2.93 bits per heavy atom. The number of anilines is 2. The molecule has 12 heteroatoms. The highest BCUT2D eigenvalue weighted by molar-refractivity contribution is 9.10. The molecule has 2 aromatic heterocycles. The second kappa shape index (κ2) is 7.95. The molecular weight excluding hydrogens is 425 g/mol. The monoisotopic (exact) mass is 437 g/mol. The van der Waals surface area contributed by atoms with E-state index in [1.807, 2.05) is 0 Å². The van der Waals surface area contributed by atoms with Crippen LogP contribution in [-0.4, -0.2) is 32.2 Å². The van der Waals surface area contributed by atoms with Gasteiger partial charge in [-0.1, -0.05) is 5.16 Å². The Bertz CT molecular complexity index is 1000. The van der Waals surface area contributed by atoms with Crippen molar-refractivity contribution in [3.8, 4) is 0 Å². The Morgan fingerprint density at radius 1 is 1.41 bits per heavy atom. The first kappa shape index (κ1) is 18.5. The van der Waals surface area contributed by atoms with E-state index in [1.165, 1.54) is 29.1 Å². The van der Waals surface area contributed by atoms with E-state index in [1.54, 1.807) is 20.0 Å². The topological polar surface area (TPSA) is 119 Å². The highest BCUT2D eigenvalue weighted by atomic mass is 79.9. The predicted molar refractivity (Wildman–Crippen MR) is 96.6 cm³/mol. The maximum absolute atomic E-state index is 13.2. The lowest BCUT2D eigenvalue weighted by atomic mass is 10.3. The van der Waals surface area contributed by atoms with Crippen molar-refractivity contribution in [2.45, 2.75) is 6.92 Å². The van der Waals surface area contributed by atoms with E-state index in [-0.39, 0.29) is 16.0 Å². The third-order valence-corrected chi connectivity index (χ3v) is 3.90. The first-order valence-corrected chi connectivity index (χ1v) is 8.28. The summed E-state index contributed by atoms with van der Waals surface area (Å²) in [6.07, 6.45) is 1.19. The van der Waals surface area contributed by atoms with Gasteiger partial charge in [-0.3, -0.25) is 14.4 Å². The Labute approximate surface area is 160 Å². The number of oxime groups is 1. The second-order valence-corrected chi connectivity index (χ2v) is 6.16. The quantitative estimate of drug-likeness (QED) is 0.449. The number of benzene rings is 1. The summed E-state index contributed by atoms with van der Waals surface area (Å²) in [5.74, 6) is -0.767. The van der Waals surface area contributed by atoms with E-state index in [9.17, 15) is 9.18 Å². The normalized spacial score (nSPS) is 11.0. The van der Waals surface area contributed by atoms with E-state index in [4.69, 9.17) is 4.94 Å².